The monoisotopic (exact) mass is 424 g/mol. The van der Waals surface area contributed by atoms with Crippen LogP contribution < -0.4 is 14.4 Å². The number of anilines is 1. The van der Waals surface area contributed by atoms with Gasteiger partial charge >= 0.3 is 0 Å². The zero-order chi connectivity index (χ0) is 20.9. The van der Waals surface area contributed by atoms with Crippen LogP contribution in [0.3, 0.4) is 0 Å². The summed E-state index contributed by atoms with van der Waals surface area (Å²) in [5, 5.41) is 3.13. The van der Waals surface area contributed by atoms with E-state index in [1.807, 2.05) is 20.8 Å². The van der Waals surface area contributed by atoms with Crippen molar-refractivity contribution in [2.24, 2.45) is 0 Å². The van der Waals surface area contributed by atoms with Gasteiger partial charge in [0, 0.05) is 11.1 Å². The van der Waals surface area contributed by atoms with E-state index in [1.165, 1.54) is 25.3 Å². The molecule has 0 aliphatic carbocycles. The summed E-state index contributed by atoms with van der Waals surface area (Å²) in [6.45, 7) is 5.27. The summed E-state index contributed by atoms with van der Waals surface area (Å²) in [6, 6.07) is 11.0. The van der Waals surface area contributed by atoms with Crippen molar-refractivity contribution < 1.29 is 17.9 Å². The van der Waals surface area contributed by atoms with Crippen LogP contribution in [0.5, 0.6) is 5.75 Å². The highest BCUT2D eigenvalue weighted by atomic mass is 35.5. The predicted octanol–water partition coefficient (Wildman–Crippen LogP) is 3.77. The fourth-order valence-electron chi connectivity index (χ4n) is 2.55. The van der Waals surface area contributed by atoms with Crippen LogP contribution in [0.25, 0.3) is 0 Å². The molecule has 0 spiro atoms. The average Bonchev–Trinajstić information content (AvgIpc) is 2.66. The molecular formula is C20H25ClN2O4S. The number of halogens is 1. The fourth-order valence-corrected chi connectivity index (χ4v) is 4.14. The number of amides is 1. The third kappa shape index (κ3) is 5.17. The van der Waals surface area contributed by atoms with Gasteiger partial charge in [-0.3, -0.25) is 9.10 Å². The molecule has 1 amide bonds. The summed E-state index contributed by atoms with van der Waals surface area (Å²) in [5.74, 6) is -0.108. The molecule has 0 aliphatic rings. The van der Waals surface area contributed by atoms with Gasteiger partial charge in [-0.1, -0.05) is 36.2 Å². The normalized spacial score (nSPS) is 12.3. The van der Waals surface area contributed by atoms with Crippen LogP contribution in [-0.2, 0) is 14.8 Å². The molecule has 2 aromatic rings. The molecule has 0 aromatic heterocycles. The Labute approximate surface area is 171 Å². The predicted molar refractivity (Wildman–Crippen MR) is 112 cm³/mol. The van der Waals surface area contributed by atoms with Crippen LogP contribution >= 0.6 is 11.6 Å². The third-order valence-corrected chi connectivity index (χ3v) is 6.33. The lowest BCUT2D eigenvalue weighted by molar-refractivity contribution is -0.120. The van der Waals surface area contributed by atoms with Crippen molar-refractivity contribution in [3.8, 4) is 5.75 Å². The van der Waals surface area contributed by atoms with E-state index in [1.54, 1.807) is 24.3 Å². The SMILES string of the molecule is CC[C@H](C)NC(=O)CN(c1cc(Cl)ccc1OC)S(=O)(=O)c1ccc(C)cc1. The van der Waals surface area contributed by atoms with E-state index in [4.69, 9.17) is 16.3 Å². The molecule has 0 saturated heterocycles. The van der Waals surface area contributed by atoms with Gasteiger partial charge in [0.1, 0.15) is 12.3 Å². The van der Waals surface area contributed by atoms with E-state index >= 15 is 0 Å². The highest BCUT2D eigenvalue weighted by Gasteiger charge is 2.30. The topological polar surface area (TPSA) is 75.7 Å². The maximum atomic E-state index is 13.4. The molecule has 28 heavy (non-hydrogen) atoms. The van der Waals surface area contributed by atoms with Crippen LogP contribution in [0, 0.1) is 6.92 Å². The van der Waals surface area contributed by atoms with Crippen molar-refractivity contribution in [3.63, 3.8) is 0 Å². The minimum atomic E-state index is -4.02. The molecule has 8 heteroatoms. The van der Waals surface area contributed by atoms with Gasteiger partial charge in [0.25, 0.3) is 10.0 Å². The molecule has 2 rings (SSSR count). The van der Waals surface area contributed by atoms with E-state index in [2.05, 4.69) is 5.32 Å². The first-order valence-corrected chi connectivity index (χ1v) is 10.7. The van der Waals surface area contributed by atoms with Gasteiger partial charge < -0.3 is 10.1 Å². The fraction of sp³-hybridized carbons (Fsp3) is 0.350. The van der Waals surface area contributed by atoms with Gasteiger partial charge in [-0.15, -0.1) is 0 Å². The highest BCUT2D eigenvalue weighted by molar-refractivity contribution is 7.92. The lowest BCUT2D eigenvalue weighted by Gasteiger charge is -2.26. The van der Waals surface area contributed by atoms with Crippen molar-refractivity contribution in [1.82, 2.24) is 5.32 Å². The molecular weight excluding hydrogens is 400 g/mol. The molecule has 0 heterocycles. The van der Waals surface area contributed by atoms with Crippen molar-refractivity contribution >= 4 is 33.2 Å². The molecule has 152 valence electrons. The number of carbonyl (C=O) groups excluding carboxylic acids is 1. The van der Waals surface area contributed by atoms with Crippen molar-refractivity contribution in [3.05, 3.63) is 53.1 Å². The Bertz CT molecular complexity index is 930. The molecule has 0 bridgehead atoms. The molecule has 0 saturated carbocycles. The molecule has 6 nitrogen and oxygen atoms in total. The van der Waals surface area contributed by atoms with Crippen LogP contribution in [0.15, 0.2) is 47.4 Å². The Morgan fingerprint density at radius 3 is 2.43 bits per heavy atom. The van der Waals surface area contributed by atoms with E-state index < -0.39 is 22.5 Å². The number of nitrogens with one attached hydrogen (secondary N) is 1. The quantitative estimate of drug-likeness (QED) is 0.699. The van der Waals surface area contributed by atoms with Gasteiger partial charge in [0.15, 0.2) is 0 Å². The number of methoxy groups -OCH3 is 1. The number of hydrogen-bond acceptors (Lipinski definition) is 4. The number of ether oxygens (including phenoxy) is 1. The van der Waals surface area contributed by atoms with Crippen LogP contribution in [-0.4, -0.2) is 34.0 Å². The highest BCUT2D eigenvalue weighted by Crippen LogP contribution is 2.34. The Balaban J connectivity index is 2.54. The van der Waals surface area contributed by atoms with Gasteiger partial charge in [-0.25, -0.2) is 8.42 Å². The molecule has 2 aromatic carbocycles. The number of rotatable bonds is 8. The maximum absolute atomic E-state index is 13.4. The Kier molecular flexibility index (Phi) is 7.32. The first-order chi connectivity index (χ1) is 13.2. The standard InChI is InChI=1S/C20H25ClN2O4S/c1-5-15(3)22-20(24)13-23(18-12-16(21)8-11-19(18)27-4)28(25,26)17-9-6-14(2)7-10-17/h6-12,15H,5,13H2,1-4H3,(H,22,24)/t15-/m0/s1. The lowest BCUT2D eigenvalue weighted by atomic mass is 10.2. The van der Waals surface area contributed by atoms with E-state index in [0.717, 1.165) is 16.3 Å². The van der Waals surface area contributed by atoms with E-state index in [-0.39, 0.29) is 16.6 Å². The average molecular weight is 425 g/mol. The summed E-state index contributed by atoms with van der Waals surface area (Å²) in [6.07, 6.45) is 0.733. The molecule has 1 N–H and O–H groups in total. The first-order valence-electron chi connectivity index (χ1n) is 8.91. The lowest BCUT2D eigenvalue weighted by Crippen LogP contribution is -2.43. The van der Waals surface area contributed by atoms with Gasteiger partial charge in [0.2, 0.25) is 5.91 Å². The van der Waals surface area contributed by atoms with Crippen molar-refractivity contribution in [2.75, 3.05) is 18.0 Å². The zero-order valence-electron chi connectivity index (χ0n) is 16.4. The largest absolute Gasteiger partial charge is 0.495 e. The zero-order valence-corrected chi connectivity index (χ0v) is 18.0. The maximum Gasteiger partial charge on any atom is 0.264 e. The van der Waals surface area contributed by atoms with Crippen molar-refractivity contribution in [1.29, 1.82) is 0 Å². The minimum absolute atomic E-state index is 0.0716. The molecule has 0 unspecified atom stereocenters. The molecule has 0 radical (unpaired) electrons. The number of benzene rings is 2. The molecule has 1 atom stereocenters. The summed E-state index contributed by atoms with van der Waals surface area (Å²) < 4.78 is 33.1. The number of carbonyl (C=O) groups is 1. The number of sulfonamides is 1. The number of aryl methyl sites for hydroxylation is 1. The summed E-state index contributed by atoms with van der Waals surface area (Å²) in [5.41, 5.74) is 1.13. The van der Waals surface area contributed by atoms with E-state index in [9.17, 15) is 13.2 Å². The van der Waals surface area contributed by atoms with Crippen LogP contribution in [0.1, 0.15) is 25.8 Å². The third-order valence-electron chi connectivity index (χ3n) is 4.33. The number of nitrogens with zero attached hydrogens (tertiary/aromatic N) is 1. The summed E-state index contributed by atoms with van der Waals surface area (Å²) in [4.78, 5) is 12.6. The number of hydrogen-bond donors (Lipinski definition) is 1. The van der Waals surface area contributed by atoms with E-state index in [0.29, 0.717) is 10.8 Å². The summed E-state index contributed by atoms with van der Waals surface area (Å²) in [7, 11) is -2.59. The van der Waals surface area contributed by atoms with Gasteiger partial charge in [-0.2, -0.15) is 0 Å². The second kappa shape index (κ2) is 9.30. The van der Waals surface area contributed by atoms with Crippen LogP contribution in [0.2, 0.25) is 5.02 Å². The van der Waals surface area contributed by atoms with Crippen LogP contribution in [0.4, 0.5) is 5.69 Å². The molecule has 0 fully saturated rings. The molecule has 0 aliphatic heterocycles. The summed E-state index contributed by atoms with van der Waals surface area (Å²) >= 11 is 6.10. The van der Waals surface area contributed by atoms with Gasteiger partial charge in [0.05, 0.1) is 17.7 Å². The Morgan fingerprint density at radius 2 is 1.86 bits per heavy atom. The smallest absolute Gasteiger partial charge is 0.264 e. The minimum Gasteiger partial charge on any atom is -0.495 e. The Hall–Kier alpha value is -2.25. The van der Waals surface area contributed by atoms with Crippen molar-refractivity contribution in [2.45, 2.75) is 38.1 Å². The second-order valence-corrected chi connectivity index (χ2v) is 8.82. The Morgan fingerprint density at radius 1 is 1.21 bits per heavy atom. The van der Waals surface area contributed by atoms with Gasteiger partial charge in [-0.05, 0) is 50.6 Å². The second-order valence-electron chi connectivity index (χ2n) is 6.52. The first kappa shape index (κ1) is 22.0.